The van der Waals surface area contributed by atoms with Crippen molar-refractivity contribution in [3.63, 3.8) is 0 Å². The molecule has 1 aliphatic rings. The Balaban J connectivity index is 1.44. The highest BCUT2D eigenvalue weighted by molar-refractivity contribution is 5.95. The summed E-state index contributed by atoms with van der Waals surface area (Å²) >= 11 is 0. The van der Waals surface area contributed by atoms with E-state index < -0.39 is 6.04 Å². The zero-order valence-corrected chi connectivity index (χ0v) is 19.7. The molecule has 33 heavy (non-hydrogen) atoms. The van der Waals surface area contributed by atoms with Gasteiger partial charge < -0.3 is 15.4 Å². The van der Waals surface area contributed by atoms with E-state index in [0.717, 1.165) is 36.5 Å². The highest BCUT2D eigenvalue weighted by atomic mass is 16.5. The molecule has 6 heteroatoms. The standard InChI is InChI=1S/C27H35N3O3/c1-21(29-26(31)15-12-22-10-13-25(33-2)14-11-22)27(32)28-19-23-8-7-9-24(18-23)20-30-16-5-3-4-6-17-30/h7-15,18,21H,3-6,16-17,19-20H2,1-2H3,(H,28,32)(H,29,31)/b15-12+/t21-/m1/s1. The molecule has 2 amide bonds. The number of nitrogens with one attached hydrogen (secondary N) is 2. The van der Waals surface area contributed by atoms with E-state index in [1.807, 2.05) is 36.4 Å². The number of amides is 2. The largest absolute Gasteiger partial charge is 0.497 e. The second kappa shape index (κ2) is 12.8. The first-order valence-corrected chi connectivity index (χ1v) is 11.7. The molecule has 0 saturated carbocycles. The van der Waals surface area contributed by atoms with Gasteiger partial charge in [0.2, 0.25) is 11.8 Å². The molecule has 0 unspecified atom stereocenters. The van der Waals surface area contributed by atoms with Gasteiger partial charge >= 0.3 is 0 Å². The molecule has 1 fully saturated rings. The van der Waals surface area contributed by atoms with Crippen molar-refractivity contribution in [1.29, 1.82) is 0 Å². The van der Waals surface area contributed by atoms with Crippen LogP contribution in [0, 0.1) is 0 Å². The lowest BCUT2D eigenvalue weighted by molar-refractivity contribution is -0.126. The van der Waals surface area contributed by atoms with E-state index in [9.17, 15) is 9.59 Å². The second-order valence-corrected chi connectivity index (χ2v) is 8.56. The molecule has 0 bridgehead atoms. The monoisotopic (exact) mass is 449 g/mol. The van der Waals surface area contributed by atoms with Crippen LogP contribution in [0.1, 0.15) is 49.3 Å². The maximum atomic E-state index is 12.5. The predicted molar refractivity (Wildman–Crippen MR) is 132 cm³/mol. The predicted octanol–water partition coefficient (Wildman–Crippen LogP) is 3.91. The zero-order chi connectivity index (χ0) is 23.5. The highest BCUT2D eigenvalue weighted by Gasteiger charge is 2.14. The molecule has 3 rings (SSSR count). The van der Waals surface area contributed by atoms with Crippen LogP contribution in [0.4, 0.5) is 0 Å². The number of hydrogen-bond donors (Lipinski definition) is 2. The fraction of sp³-hybridized carbons (Fsp3) is 0.407. The van der Waals surface area contributed by atoms with E-state index in [1.54, 1.807) is 20.1 Å². The SMILES string of the molecule is COc1ccc(/C=C/C(=O)N[C@H](C)C(=O)NCc2cccc(CN3CCCCCC3)c2)cc1. The first kappa shape index (κ1) is 24.5. The van der Waals surface area contributed by atoms with E-state index in [4.69, 9.17) is 4.74 Å². The molecule has 6 nitrogen and oxygen atoms in total. The van der Waals surface area contributed by atoms with Crippen LogP contribution in [0.2, 0.25) is 0 Å². The maximum Gasteiger partial charge on any atom is 0.244 e. The van der Waals surface area contributed by atoms with E-state index in [1.165, 1.54) is 37.3 Å². The molecule has 1 heterocycles. The van der Waals surface area contributed by atoms with Crippen LogP contribution >= 0.6 is 0 Å². The molecule has 0 aromatic heterocycles. The van der Waals surface area contributed by atoms with E-state index >= 15 is 0 Å². The summed E-state index contributed by atoms with van der Waals surface area (Å²) in [5, 5.41) is 5.64. The molecule has 2 N–H and O–H groups in total. The van der Waals surface area contributed by atoms with Crippen LogP contribution < -0.4 is 15.4 Å². The maximum absolute atomic E-state index is 12.5. The summed E-state index contributed by atoms with van der Waals surface area (Å²) in [5.74, 6) is 0.237. The van der Waals surface area contributed by atoms with Crippen molar-refractivity contribution in [3.05, 3.63) is 71.3 Å². The fourth-order valence-electron chi connectivity index (χ4n) is 3.95. The number of likely N-dealkylation sites (tertiary alicyclic amines) is 1. The Labute approximate surface area is 197 Å². The summed E-state index contributed by atoms with van der Waals surface area (Å²) in [6.07, 6.45) is 8.33. The number of benzene rings is 2. The van der Waals surface area contributed by atoms with Gasteiger partial charge in [-0.15, -0.1) is 0 Å². The van der Waals surface area contributed by atoms with Gasteiger partial charge in [0.1, 0.15) is 11.8 Å². The number of rotatable bonds is 9. The Morgan fingerprint density at radius 2 is 1.73 bits per heavy atom. The van der Waals surface area contributed by atoms with Crippen LogP contribution in [0.25, 0.3) is 6.08 Å². The van der Waals surface area contributed by atoms with Crippen molar-refractivity contribution in [1.82, 2.24) is 15.5 Å². The van der Waals surface area contributed by atoms with E-state index in [-0.39, 0.29) is 11.8 Å². The fourth-order valence-corrected chi connectivity index (χ4v) is 3.95. The van der Waals surface area contributed by atoms with Crippen molar-refractivity contribution in [2.24, 2.45) is 0 Å². The Morgan fingerprint density at radius 1 is 1.03 bits per heavy atom. The molecule has 0 radical (unpaired) electrons. The Kier molecular flexibility index (Phi) is 9.51. The number of methoxy groups -OCH3 is 1. The van der Waals surface area contributed by atoms with Gasteiger partial charge in [0, 0.05) is 19.2 Å². The lowest BCUT2D eigenvalue weighted by Crippen LogP contribution is -2.44. The van der Waals surface area contributed by atoms with Gasteiger partial charge in [-0.3, -0.25) is 14.5 Å². The summed E-state index contributed by atoms with van der Waals surface area (Å²) in [5.41, 5.74) is 3.21. The third-order valence-corrected chi connectivity index (χ3v) is 5.86. The van der Waals surface area contributed by atoms with Gasteiger partial charge in [-0.2, -0.15) is 0 Å². The molecular formula is C27H35N3O3. The summed E-state index contributed by atoms with van der Waals surface area (Å²) in [4.78, 5) is 27.2. The van der Waals surface area contributed by atoms with Crippen LogP contribution in [0.15, 0.2) is 54.6 Å². The minimum atomic E-state index is -0.627. The topological polar surface area (TPSA) is 70.7 Å². The molecular weight excluding hydrogens is 414 g/mol. The van der Waals surface area contributed by atoms with E-state index in [0.29, 0.717) is 6.54 Å². The van der Waals surface area contributed by atoms with Crippen LogP contribution in [0.3, 0.4) is 0 Å². The van der Waals surface area contributed by atoms with Crippen molar-refractivity contribution < 1.29 is 14.3 Å². The van der Waals surface area contributed by atoms with E-state index in [2.05, 4.69) is 27.7 Å². The summed E-state index contributed by atoms with van der Waals surface area (Å²) in [6.45, 7) is 5.39. The molecule has 2 aromatic rings. The summed E-state index contributed by atoms with van der Waals surface area (Å²) in [7, 11) is 1.61. The smallest absolute Gasteiger partial charge is 0.244 e. The quantitative estimate of drug-likeness (QED) is 0.570. The highest BCUT2D eigenvalue weighted by Crippen LogP contribution is 2.15. The van der Waals surface area contributed by atoms with Gasteiger partial charge in [-0.25, -0.2) is 0 Å². The lowest BCUT2D eigenvalue weighted by Gasteiger charge is -2.20. The average Bonchev–Trinajstić information content (AvgIpc) is 3.10. The Hall–Kier alpha value is -3.12. The molecule has 1 atom stereocenters. The second-order valence-electron chi connectivity index (χ2n) is 8.56. The van der Waals surface area contributed by atoms with Crippen LogP contribution in [-0.4, -0.2) is 43.0 Å². The number of nitrogens with zero attached hydrogens (tertiary/aromatic N) is 1. The van der Waals surface area contributed by atoms with Crippen molar-refractivity contribution in [2.75, 3.05) is 20.2 Å². The van der Waals surface area contributed by atoms with Gasteiger partial charge in [-0.1, -0.05) is 49.2 Å². The molecule has 2 aromatic carbocycles. The minimum absolute atomic E-state index is 0.209. The van der Waals surface area contributed by atoms with Crippen molar-refractivity contribution >= 4 is 17.9 Å². The number of hydrogen-bond acceptors (Lipinski definition) is 4. The third-order valence-electron chi connectivity index (χ3n) is 5.86. The molecule has 0 aliphatic carbocycles. The first-order chi connectivity index (χ1) is 16.0. The number of ether oxygens (including phenoxy) is 1. The lowest BCUT2D eigenvalue weighted by atomic mass is 10.1. The minimum Gasteiger partial charge on any atom is -0.497 e. The molecule has 0 spiro atoms. The normalized spacial score (nSPS) is 15.6. The zero-order valence-electron chi connectivity index (χ0n) is 19.7. The van der Waals surface area contributed by atoms with Crippen LogP contribution in [0.5, 0.6) is 5.75 Å². The number of carbonyl (C=O) groups excluding carboxylic acids is 2. The van der Waals surface area contributed by atoms with Gasteiger partial charge in [0.15, 0.2) is 0 Å². The number of carbonyl (C=O) groups is 2. The van der Waals surface area contributed by atoms with Crippen LogP contribution in [-0.2, 0) is 22.7 Å². The average molecular weight is 450 g/mol. The van der Waals surface area contributed by atoms with Gasteiger partial charge in [0.25, 0.3) is 0 Å². The molecule has 176 valence electrons. The molecule has 1 aliphatic heterocycles. The Bertz CT molecular complexity index is 932. The Morgan fingerprint density at radius 3 is 2.42 bits per heavy atom. The molecule has 1 saturated heterocycles. The summed E-state index contributed by atoms with van der Waals surface area (Å²) in [6, 6.07) is 15.1. The first-order valence-electron chi connectivity index (χ1n) is 11.7. The third kappa shape index (κ3) is 8.39. The van der Waals surface area contributed by atoms with Gasteiger partial charge in [-0.05, 0) is 67.8 Å². The van der Waals surface area contributed by atoms with Crippen molar-refractivity contribution in [3.8, 4) is 5.75 Å². The summed E-state index contributed by atoms with van der Waals surface area (Å²) < 4.78 is 5.12. The van der Waals surface area contributed by atoms with Crippen molar-refractivity contribution in [2.45, 2.75) is 51.7 Å². The van der Waals surface area contributed by atoms with Gasteiger partial charge in [0.05, 0.1) is 7.11 Å².